The summed E-state index contributed by atoms with van der Waals surface area (Å²) < 4.78 is 29.0. The molecule has 0 spiro atoms. The number of aromatic nitrogens is 2. The number of rotatable bonds is 2. The van der Waals surface area contributed by atoms with Crippen molar-refractivity contribution in [3.63, 3.8) is 0 Å². The van der Waals surface area contributed by atoms with Gasteiger partial charge in [0, 0.05) is 11.6 Å². The summed E-state index contributed by atoms with van der Waals surface area (Å²) in [6.45, 7) is 0. The maximum atomic E-state index is 14.6. The van der Waals surface area contributed by atoms with Gasteiger partial charge in [0.1, 0.15) is 0 Å². The van der Waals surface area contributed by atoms with Crippen molar-refractivity contribution < 1.29 is 70.1 Å². The number of aromatic amines is 1. The fraction of sp³-hybridized carbons (Fsp3) is 0. The normalized spacial score (nSPS) is 10.6. The molecule has 0 amide bonds. The molecule has 0 radical (unpaired) electrons. The van der Waals surface area contributed by atoms with E-state index in [1.165, 1.54) is 18.3 Å². The Morgan fingerprint density at radius 3 is 2.65 bits per heavy atom. The molecule has 0 aliphatic heterocycles. The zero-order chi connectivity index (χ0) is 16.0. The molecule has 2 heterocycles. The number of carboxylic acids is 1. The van der Waals surface area contributed by atoms with Gasteiger partial charge in [-0.05, 0) is 12.1 Å². The summed E-state index contributed by atoms with van der Waals surface area (Å²) in [7, 11) is 0. The number of carbonyl (C=O) groups excluding carboxylic acids is 1. The molecule has 0 fully saturated rings. The molecule has 0 saturated carbocycles. The number of benzene rings is 1. The number of nitrogens with zero attached hydrogens (tertiary/aromatic N) is 1. The monoisotopic (exact) mass is 361 g/mol. The van der Waals surface area contributed by atoms with E-state index >= 15 is 0 Å². The van der Waals surface area contributed by atoms with Gasteiger partial charge in [0.15, 0.2) is 11.6 Å². The first-order valence-corrected chi connectivity index (χ1v) is 6.41. The molecule has 112 valence electrons. The summed E-state index contributed by atoms with van der Waals surface area (Å²) in [6, 6.07) is 3.72. The van der Waals surface area contributed by atoms with Gasteiger partial charge in [-0.2, -0.15) is 0 Å². The number of carbonyl (C=O) groups is 1. The van der Waals surface area contributed by atoms with E-state index in [1.54, 1.807) is 0 Å². The van der Waals surface area contributed by atoms with Gasteiger partial charge in [0.05, 0.1) is 39.1 Å². The molecule has 0 aliphatic carbocycles. The molecule has 0 bridgehead atoms. The molecule has 3 rings (SSSR count). The molecular formula is C14H7ClF2KN3O2. The Balaban J connectivity index is 0.00000192. The van der Waals surface area contributed by atoms with Crippen LogP contribution in [0.2, 0.25) is 5.02 Å². The molecule has 1 aromatic carbocycles. The number of nitrogens with one attached hydrogen (secondary N) is 1. The number of nitrogens with two attached hydrogens (primary N) is 1. The second kappa shape index (κ2) is 6.84. The van der Waals surface area contributed by atoms with Crippen LogP contribution >= 0.6 is 11.6 Å². The van der Waals surface area contributed by atoms with Crippen LogP contribution in [0.4, 0.5) is 14.5 Å². The van der Waals surface area contributed by atoms with Crippen LogP contribution < -0.4 is 62.2 Å². The number of anilines is 1. The summed E-state index contributed by atoms with van der Waals surface area (Å²) in [6.07, 6.45) is 1.28. The Morgan fingerprint density at radius 2 is 2.00 bits per heavy atom. The predicted molar refractivity (Wildman–Crippen MR) is 75.2 cm³/mol. The van der Waals surface area contributed by atoms with Gasteiger partial charge in [-0.1, -0.05) is 17.7 Å². The maximum Gasteiger partial charge on any atom is 1.00 e. The Morgan fingerprint density at radius 1 is 1.30 bits per heavy atom. The minimum absolute atomic E-state index is 0. The third kappa shape index (κ3) is 3.02. The number of pyridine rings is 1. The summed E-state index contributed by atoms with van der Waals surface area (Å²) in [5.74, 6) is -3.58. The molecule has 0 atom stereocenters. The number of nitrogen functional groups attached to an aromatic ring is 1. The van der Waals surface area contributed by atoms with Crippen molar-refractivity contribution >= 4 is 34.2 Å². The van der Waals surface area contributed by atoms with E-state index < -0.39 is 28.9 Å². The van der Waals surface area contributed by atoms with E-state index in [4.69, 9.17) is 17.3 Å². The fourth-order valence-corrected chi connectivity index (χ4v) is 2.46. The molecular weight excluding hydrogens is 355 g/mol. The van der Waals surface area contributed by atoms with E-state index in [2.05, 4.69) is 9.97 Å². The number of carboxylic acid groups (broad SMARTS) is 1. The number of fused-ring (bicyclic) bond motifs is 1. The van der Waals surface area contributed by atoms with Gasteiger partial charge < -0.3 is 20.6 Å². The molecule has 3 N–H and O–H groups in total. The molecule has 0 unspecified atom stereocenters. The summed E-state index contributed by atoms with van der Waals surface area (Å²) in [5, 5.41) is 10.9. The van der Waals surface area contributed by atoms with Crippen LogP contribution in [-0.4, -0.2) is 15.9 Å². The van der Waals surface area contributed by atoms with Crippen molar-refractivity contribution in [3.05, 3.63) is 46.7 Å². The minimum Gasteiger partial charge on any atom is -0.543 e. The zero-order valence-corrected chi connectivity index (χ0v) is 15.7. The average molecular weight is 362 g/mol. The standard InChI is InChI=1S/C14H8ClF2N3O2.K/c15-5-4-19-13-8(5)12(18)10(16)9(11(13)17)6-2-1-3-7(20-6)14(21)22;/h1-4,19H,18H2,(H,21,22);/q;+1/p-1. The van der Waals surface area contributed by atoms with Gasteiger partial charge in [0.2, 0.25) is 0 Å². The molecule has 5 nitrogen and oxygen atoms in total. The maximum absolute atomic E-state index is 14.6. The van der Waals surface area contributed by atoms with E-state index in [9.17, 15) is 18.7 Å². The average Bonchev–Trinajstić information content (AvgIpc) is 2.88. The van der Waals surface area contributed by atoms with Crippen molar-refractivity contribution in [1.29, 1.82) is 0 Å². The first-order chi connectivity index (χ1) is 10.4. The topological polar surface area (TPSA) is 94.8 Å². The van der Waals surface area contributed by atoms with Gasteiger partial charge in [-0.15, -0.1) is 0 Å². The summed E-state index contributed by atoms with van der Waals surface area (Å²) in [4.78, 5) is 17.1. The molecule has 23 heavy (non-hydrogen) atoms. The molecule has 3 aromatic rings. The molecule has 9 heteroatoms. The van der Waals surface area contributed by atoms with Crippen LogP contribution in [0.1, 0.15) is 10.5 Å². The van der Waals surface area contributed by atoms with Crippen LogP contribution in [0.15, 0.2) is 24.4 Å². The fourth-order valence-electron chi connectivity index (χ4n) is 2.21. The Bertz CT molecular complexity index is 930. The smallest absolute Gasteiger partial charge is 0.543 e. The summed E-state index contributed by atoms with van der Waals surface area (Å²) in [5.41, 5.74) is 4.04. The number of hydrogen-bond acceptors (Lipinski definition) is 4. The van der Waals surface area contributed by atoms with E-state index in [0.717, 1.165) is 6.07 Å². The SMILES string of the molecule is Nc1c(F)c(-c2cccc(C(=O)[O-])n2)c(F)c2[nH]cc(Cl)c12.[K+]. The quantitative estimate of drug-likeness (QED) is 0.457. The van der Waals surface area contributed by atoms with E-state index in [0.29, 0.717) is 0 Å². The van der Waals surface area contributed by atoms with Crippen molar-refractivity contribution in [1.82, 2.24) is 9.97 Å². The number of halogens is 3. The Kier molecular flexibility index (Phi) is 5.44. The van der Waals surface area contributed by atoms with Crippen LogP contribution in [-0.2, 0) is 0 Å². The predicted octanol–water partition coefficient (Wildman–Crippen LogP) is -0.889. The van der Waals surface area contributed by atoms with Gasteiger partial charge in [-0.25, -0.2) is 13.8 Å². The van der Waals surface area contributed by atoms with Crippen LogP contribution in [0.5, 0.6) is 0 Å². The van der Waals surface area contributed by atoms with Crippen molar-refractivity contribution in [2.45, 2.75) is 0 Å². The van der Waals surface area contributed by atoms with Crippen molar-refractivity contribution in [2.24, 2.45) is 0 Å². The van der Waals surface area contributed by atoms with Crippen molar-refractivity contribution in [2.75, 3.05) is 5.73 Å². The molecule has 0 aliphatic rings. The van der Waals surface area contributed by atoms with Gasteiger partial charge in [-0.3, -0.25) is 0 Å². The first-order valence-electron chi connectivity index (χ1n) is 6.03. The van der Waals surface area contributed by atoms with Gasteiger partial charge in [0.25, 0.3) is 0 Å². The van der Waals surface area contributed by atoms with E-state index in [1.807, 2.05) is 0 Å². The number of aromatic carboxylic acids is 1. The van der Waals surface area contributed by atoms with Crippen LogP contribution in [0, 0.1) is 11.6 Å². The number of H-pyrrole nitrogens is 1. The molecule has 0 saturated heterocycles. The third-order valence-corrected chi connectivity index (χ3v) is 3.51. The zero-order valence-electron chi connectivity index (χ0n) is 11.8. The van der Waals surface area contributed by atoms with Crippen LogP contribution in [0.25, 0.3) is 22.2 Å². The molecule has 2 aromatic heterocycles. The van der Waals surface area contributed by atoms with Crippen molar-refractivity contribution in [3.8, 4) is 11.3 Å². The largest absolute Gasteiger partial charge is 1.00 e. The summed E-state index contributed by atoms with van der Waals surface area (Å²) >= 11 is 5.84. The number of hydrogen-bond donors (Lipinski definition) is 2. The first kappa shape index (κ1) is 18.3. The second-order valence-corrected chi connectivity index (χ2v) is 4.91. The Labute approximate surface area is 176 Å². The van der Waals surface area contributed by atoms with E-state index in [-0.39, 0.29) is 78.7 Å². The second-order valence-electron chi connectivity index (χ2n) is 4.50. The van der Waals surface area contributed by atoms with Crippen LogP contribution in [0.3, 0.4) is 0 Å². The van der Waals surface area contributed by atoms with Gasteiger partial charge >= 0.3 is 51.4 Å². The third-order valence-electron chi connectivity index (χ3n) is 3.21. The minimum atomic E-state index is -1.56. The Hall–Kier alpha value is -1.03.